The molecule has 5 heteroatoms. The molecule has 2 N–H and O–H groups in total. The summed E-state index contributed by atoms with van der Waals surface area (Å²) in [6.07, 6.45) is 1.48. The van der Waals surface area contributed by atoms with Crippen molar-refractivity contribution in [3.63, 3.8) is 0 Å². The third-order valence-corrected chi connectivity index (χ3v) is 3.07. The summed E-state index contributed by atoms with van der Waals surface area (Å²) >= 11 is 0. The van der Waals surface area contributed by atoms with E-state index >= 15 is 0 Å². The van der Waals surface area contributed by atoms with Gasteiger partial charge in [0.05, 0.1) is 19.5 Å². The van der Waals surface area contributed by atoms with Gasteiger partial charge in [0.15, 0.2) is 0 Å². The molecule has 18 heavy (non-hydrogen) atoms. The van der Waals surface area contributed by atoms with E-state index in [1.165, 1.54) is 10.9 Å². The van der Waals surface area contributed by atoms with Crippen LogP contribution in [0.1, 0.15) is 5.56 Å². The molecule has 92 valence electrons. The van der Waals surface area contributed by atoms with Gasteiger partial charge in [-0.3, -0.25) is 9.36 Å². The largest absolute Gasteiger partial charge is 0.395 e. The monoisotopic (exact) mass is 243 g/mol. The van der Waals surface area contributed by atoms with E-state index in [9.17, 15) is 4.79 Å². The molecule has 5 nitrogen and oxygen atoms in total. The van der Waals surface area contributed by atoms with Crippen LogP contribution in [0.2, 0.25) is 0 Å². The minimum Gasteiger partial charge on any atom is -0.395 e. The molecule has 3 aromatic rings. The number of aromatic nitrogens is 3. The van der Waals surface area contributed by atoms with E-state index in [4.69, 9.17) is 5.11 Å². The molecule has 2 aromatic heterocycles. The third kappa shape index (κ3) is 1.52. The number of hydrogen-bond donors (Lipinski definition) is 2. The molecule has 0 aliphatic carbocycles. The Balaban J connectivity index is 2.39. The Bertz CT molecular complexity index is 786. The molecule has 0 aliphatic heterocycles. The van der Waals surface area contributed by atoms with E-state index in [2.05, 4.69) is 9.97 Å². The molecule has 0 radical (unpaired) electrons. The van der Waals surface area contributed by atoms with Crippen LogP contribution in [0.4, 0.5) is 0 Å². The molecule has 0 aliphatic rings. The Kier molecular flexibility index (Phi) is 2.41. The molecule has 0 amide bonds. The SMILES string of the molecule is Cc1ccc2c(c1)[nH]c1c(=O)n(CCO)cnc12. The highest BCUT2D eigenvalue weighted by Gasteiger charge is 2.10. The predicted molar refractivity (Wildman–Crippen MR) is 69.7 cm³/mol. The van der Waals surface area contributed by atoms with Gasteiger partial charge in [-0.25, -0.2) is 4.98 Å². The third-order valence-electron chi connectivity index (χ3n) is 3.07. The fourth-order valence-corrected chi connectivity index (χ4v) is 2.18. The number of rotatable bonds is 2. The van der Waals surface area contributed by atoms with Gasteiger partial charge in [0.25, 0.3) is 5.56 Å². The number of aliphatic hydroxyl groups is 1. The number of H-pyrrole nitrogens is 1. The van der Waals surface area contributed by atoms with Gasteiger partial charge >= 0.3 is 0 Å². The Morgan fingerprint density at radius 2 is 2.28 bits per heavy atom. The molecule has 0 bridgehead atoms. The maximum absolute atomic E-state index is 12.2. The highest BCUT2D eigenvalue weighted by atomic mass is 16.3. The quantitative estimate of drug-likeness (QED) is 0.710. The fourth-order valence-electron chi connectivity index (χ4n) is 2.18. The fraction of sp³-hybridized carbons (Fsp3) is 0.231. The highest BCUT2D eigenvalue weighted by molar-refractivity contribution is 6.04. The predicted octanol–water partition coefficient (Wildman–Crippen LogP) is 1.18. The van der Waals surface area contributed by atoms with Gasteiger partial charge in [-0.05, 0) is 18.6 Å². The molecule has 0 fully saturated rings. The number of aromatic amines is 1. The molecule has 0 atom stereocenters. The van der Waals surface area contributed by atoms with E-state index < -0.39 is 0 Å². The summed E-state index contributed by atoms with van der Waals surface area (Å²) in [4.78, 5) is 19.6. The zero-order chi connectivity index (χ0) is 12.7. The Labute approximate surface area is 103 Å². The zero-order valence-corrected chi connectivity index (χ0v) is 9.97. The summed E-state index contributed by atoms with van der Waals surface area (Å²) in [5.41, 5.74) is 3.07. The number of nitrogens with one attached hydrogen (secondary N) is 1. The summed E-state index contributed by atoms with van der Waals surface area (Å²) in [6, 6.07) is 5.95. The van der Waals surface area contributed by atoms with Crippen LogP contribution >= 0.6 is 0 Å². The van der Waals surface area contributed by atoms with Gasteiger partial charge in [0, 0.05) is 10.9 Å². The minimum absolute atomic E-state index is 0.0770. The van der Waals surface area contributed by atoms with Crippen molar-refractivity contribution >= 4 is 21.9 Å². The summed E-state index contributed by atoms with van der Waals surface area (Å²) in [5, 5.41) is 9.84. The van der Waals surface area contributed by atoms with Gasteiger partial charge < -0.3 is 10.1 Å². The number of hydrogen-bond acceptors (Lipinski definition) is 3. The molecule has 0 saturated heterocycles. The first-order chi connectivity index (χ1) is 8.70. The Morgan fingerprint density at radius 1 is 1.44 bits per heavy atom. The lowest BCUT2D eigenvalue weighted by Gasteiger charge is -2.01. The molecular weight excluding hydrogens is 230 g/mol. The maximum Gasteiger partial charge on any atom is 0.277 e. The van der Waals surface area contributed by atoms with Crippen LogP contribution in [0.3, 0.4) is 0 Å². The van der Waals surface area contributed by atoms with E-state index in [1.807, 2.05) is 25.1 Å². The zero-order valence-electron chi connectivity index (χ0n) is 9.97. The van der Waals surface area contributed by atoms with Crippen molar-refractivity contribution in [3.8, 4) is 0 Å². The number of nitrogens with zero attached hydrogens (tertiary/aromatic N) is 2. The molecule has 1 aromatic carbocycles. The van der Waals surface area contributed by atoms with Crippen LogP contribution < -0.4 is 5.56 Å². The van der Waals surface area contributed by atoms with Gasteiger partial charge in [-0.2, -0.15) is 0 Å². The van der Waals surface area contributed by atoms with Crippen molar-refractivity contribution in [2.75, 3.05) is 6.61 Å². The lowest BCUT2D eigenvalue weighted by molar-refractivity contribution is 0.274. The smallest absolute Gasteiger partial charge is 0.277 e. The first kappa shape index (κ1) is 11.0. The Morgan fingerprint density at radius 3 is 3.06 bits per heavy atom. The molecule has 3 rings (SSSR count). The molecule has 0 saturated carbocycles. The highest BCUT2D eigenvalue weighted by Crippen LogP contribution is 2.21. The van der Waals surface area contributed by atoms with E-state index in [1.54, 1.807) is 0 Å². The van der Waals surface area contributed by atoms with Crippen molar-refractivity contribution in [3.05, 3.63) is 40.4 Å². The van der Waals surface area contributed by atoms with Gasteiger partial charge in [-0.15, -0.1) is 0 Å². The molecule has 0 spiro atoms. The van der Waals surface area contributed by atoms with E-state index in [0.29, 0.717) is 11.0 Å². The van der Waals surface area contributed by atoms with Crippen LogP contribution in [-0.2, 0) is 6.54 Å². The average molecular weight is 243 g/mol. The van der Waals surface area contributed by atoms with Crippen LogP contribution in [0.5, 0.6) is 0 Å². The van der Waals surface area contributed by atoms with Gasteiger partial charge in [-0.1, -0.05) is 12.1 Å². The van der Waals surface area contributed by atoms with Crippen molar-refractivity contribution in [1.29, 1.82) is 0 Å². The first-order valence-electron chi connectivity index (χ1n) is 5.79. The van der Waals surface area contributed by atoms with Crippen molar-refractivity contribution < 1.29 is 5.11 Å². The lowest BCUT2D eigenvalue weighted by atomic mass is 10.2. The van der Waals surface area contributed by atoms with E-state index in [0.717, 1.165) is 16.5 Å². The molecule has 0 unspecified atom stereocenters. The molecular formula is C13H13N3O2. The average Bonchev–Trinajstić information content (AvgIpc) is 2.71. The van der Waals surface area contributed by atoms with Crippen LogP contribution in [0.15, 0.2) is 29.3 Å². The lowest BCUT2D eigenvalue weighted by Crippen LogP contribution is -2.22. The number of fused-ring (bicyclic) bond motifs is 3. The van der Waals surface area contributed by atoms with Crippen LogP contribution in [0.25, 0.3) is 21.9 Å². The number of benzene rings is 1. The first-order valence-corrected chi connectivity index (χ1v) is 5.79. The second kappa shape index (κ2) is 3.96. The second-order valence-corrected chi connectivity index (χ2v) is 4.36. The number of aliphatic hydroxyl groups excluding tert-OH is 1. The summed E-state index contributed by atoms with van der Waals surface area (Å²) in [7, 11) is 0. The van der Waals surface area contributed by atoms with Crippen molar-refractivity contribution in [2.24, 2.45) is 0 Å². The topological polar surface area (TPSA) is 70.9 Å². The summed E-state index contributed by atoms with van der Waals surface area (Å²) in [6.45, 7) is 2.19. The maximum atomic E-state index is 12.2. The van der Waals surface area contributed by atoms with Crippen LogP contribution in [-0.4, -0.2) is 26.2 Å². The van der Waals surface area contributed by atoms with Crippen molar-refractivity contribution in [1.82, 2.24) is 14.5 Å². The minimum atomic E-state index is -0.150. The number of aryl methyl sites for hydroxylation is 1. The summed E-state index contributed by atoms with van der Waals surface area (Å²) < 4.78 is 1.41. The second-order valence-electron chi connectivity index (χ2n) is 4.36. The molecule has 2 heterocycles. The van der Waals surface area contributed by atoms with Crippen LogP contribution in [0, 0.1) is 6.92 Å². The standard InChI is InChI=1S/C13H13N3O2/c1-8-2-3-9-10(6-8)15-12-11(9)14-7-16(4-5-17)13(12)18/h2-3,6-7,15,17H,4-5H2,1H3. The summed E-state index contributed by atoms with van der Waals surface area (Å²) in [5.74, 6) is 0. The van der Waals surface area contributed by atoms with Crippen molar-refractivity contribution in [2.45, 2.75) is 13.5 Å². The van der Waals surface area contributed by atoms with Gasteiger partial charge in [0.1, 0.15) is 11.0 Å². The normalized spacial score (nSPS) is 11.4. The Hall–Kier alpha value is -2.14. The van der Waals surface area contributed by atoms with Gasteiger partial charge in [0.2, 0.25) is 0 Å². The van der Waals surface area contributed by atoms with E-state index in [-0.39, 0.29) is 18.7 Å².